The van der Waals surface area contributed by atoms with E-state index in [0.29, 0.717) is 0 Å². The summed E-state index contributed by atoms with van der Waals surface area (Å²) in [5.41, 5.74) is 2.24. The van der Waals surface area contributed by atoms with E-state index in [2.05, 4.69) is 36.1 Å². The van der Waals surface area contributed by atoms with Crippen LogP contribution in [0.5, 0.6) is 0 Å². The third-order valence-corrected chi connectivity index (χ3v) is 3.09. The van der Waals surface area contributed by atoms with E-state index in [-0.39, 0.29) is 11.2 Å². The zero-order valence-electron chi connectivity index (χ0n) is 13.3. The highest BCUT2D eigenvalue weighted by atomic mass is 19.1. The van der Waals surface area contributed by atoms with Gasteiger partial charge in [-0.3, -0.25) is 0 Å². The van der Waals surface area contributed by atoms with Gasteiger partial charge in [0.25, 0.3) is 0 Å². The molecule has 0 saturated carbocycles. The monoisotopic (exact) mass is 287 g/mol. The van der Waals surface area contributed by atoms with Crippen LogP contribution >= 0.6 is 0 Å². The predicted octanol–water partition coefficient (Wildman–Crippen LogP) is 4.32. The van der Waals surface area contributed by atoms with Crippen molar-refractivity contribution < 1.29 is 4.39 Å². The molecule has 0 aliphatic rings. The number of aryl methyl sites for hydroxylation is 1. The maximum atomic E-state index is 13.6. The van der Waals surface area contributed by atoms with E-state index in [1.165, 1.54) is 12.1 Å². The second kappa shape index (κ2) is 5.80. The molecular weight excluding hydrogens is 265 g/mol. The van der Waals surface area contributed by atoms with Gasteiger partial charge in [-0.15, -0.1) is 0 Å². The first-order chi connectivity index (χ1) is 9.79. The lowest BCUT2D eigenvalue weighted by Gasteiger charge is -2.19. The van der Waals surface area contributed by atoms with Crippen molar-refractivity contribution in [3.05, 3.63) is 41.5 Å². The second-order valence-electron chi connectivity index (χ2n) is 6.26. The molecule has 3 nitrogen and oxygen atoms in total. The highest BCUT2D eigenvalue weighted by Crippen LogP contribution is 2.26. The van der Waals surface area contributed by atoms with Crippen molar-refractivity contribution in [1.29, 1.82) is 0 Å². The zero-order valence-corrected chi connectivity index (χ0v) is 13.3. The van der Waals surface area contributed by atoms with E-state index in [9.17, 15) is 4.39 Å². The van der Waals surface area contributed by atoms with Gasteiger partial charge >= 0.3 is 0 Å². The van der Waals surface area contributed by atoms with Gasteiger partial charge in [-0.25, -0.2) is 14.4 Å². The molecule has 1 heterocycles. The van der Waals surface area contributed by atoms with Gasteiger partial charge in [0.05, 0.1) is 5.69 Å². The summed E-state index contributed by atoms with van der Waals surface area (Å²) in [5, 5.41) is 3.21. The van der Waals surface area contributed by atoms with Crippen LogP contribution < -0.4 is 5.32 Å². The van der Waals surface area contributed by atoms with Crippen LogP contribution in [0.4, 0.5) is 10.2 Å². The number of aromatic nitrogens is 2. The van der Waals surface area contributed by atoms with Crippen LogP contribution in [0, 0.1) is 12.7 Å². The Hall–Kier alpha value is -1.97. The molecule has 0 atom stereocenters. The number of anilines is 1. The van der Waals surface area contributed by atoms with Gasteiger partial charge in [0, 0.05) is 23.6 Å². The molecule has 0 bridgehead atoms. The van der Waals surface area contributed by atoms with E-state index in [1.54, 1.807) is 0 Å². The average Bonchev–Trinajstić information content (AvgIpc) is 2.36. The predicted molar refractivity (Wildman–Crippen MR) is 85.0 cm³/mol. The minimum Gasteiger partial charge on any atom is -0.370 e. The lowest BCUT2D eigenvalue weighted by atomic mass is 9.95. The summed E-state index contributed by atoms with van der Waals surface area (Å²) in [6.07, 6.45) is 0. The van der Waals surface area contributed by atoms with Gasteiger partial charge in [0.1, 0.15) is 17.5 Å². The number of hydrogen-bond acceptors (Lipinski definition) is 3. The smallest absolute Gasteiger partial charge is 0.136 e. The highest BCUT2D eigenvalue weighted by Gasteiger charge is 2.19. The molecule has 4 heteroatoms. The first-order valence-corrected chi connectivity index (χ1v) is 7.20. The molecule has 0 fully saturated rings. The van der Waals surface area contributed by atoms with Crippen molar-refractivity contribution >= 4 is 5.82 Å². The third-order valence-electron chi connectivity index (χ3n) is 3.09. The third kappa shape index (κ3) is 3.78. The van der Waals surface area contributed by atoms with Gasteiger partial charge in [0.15, 0.2) is 0 Å². The first kappa shape index (κ1) is 15.4. The molecule has 0 aliphatic heterocycles. The molecular formula is C17H22FN3. The molecule has 0 unspecified atom stereocenters. The molecule has 112 valence electrons. The van der Waals surface area contributed by atoms with Crippen LogP contribution in [0.1, 0.15) is 39.1 Å². The minimum atomic E-state index is -0.245. The second-order valence-corrected chi connectivity index (χ2v) is 6.26. The van der Waals surface area contributed by atoms with E-state index in [1.807, 2.05) is 26.0 Å². The van der Waals surface area contributed by atoms with Crippen LogP contribution in [0.15, 0.2) is 24.3 Å². The van der Waals surface area contributed by atoms with Gasteiger partial charge in [-0.1, -0.05) is 20.8 Å². The number of hydrogen-bond donors (Lipinski definition) is 1. The minimum absolute atomic E-state index is 0.164. The quantitative estimate of drug-likeness (QED) is 0.913. The van der Waals surface area contributed by atoms with Gasteiger partial charge in [0.2, 0.25) is 0 Å². The van der Waals surface area contributed by atoms with E-state index in [4.69, 9.17) is 0 Å². The van der Waals surface area contributed by atoms with E-state index in [0.717, 1.165) is 35.0 Å². The Bertz CT molecular complexity index is 625. The summed E-state index contributed by atoms with van der Waals surface area (Å²) in [6, 6.07) is 6.83. The fourth-order valence-corrected chi connectivity index (χ4v) is 2.09. The van der Waals surface area contributed by atoms with Crippen LogP contribution in [0.25, 0.3) is 11.3 Å². The van der Waals surface area contributed by atoms with Crippen LogP contribution in [-0.2, 0) is 5.41 Å². The maximum absolute atomic E-state index is 13.6. The molecule has 2 aromatic rings. The zero-order chi connectivity index (χ0) is 15.6. The maximum Gasteiger partial charge on any atom is 0.136 e. The molecule has 0 saturated heterocycles. The summed E-state index contributed by atoms with van der Waals surface area (Å²) in [4.78, 5) is 9.17. The molecule has 0 aliphatic carbocycles. The van der Waals surface area contributed by atoms with Crippen molar-refractivity contribution in [2.45, 2.75) is 40.0 Å². The van der Waals surface area contributed by atoms with E-state index < -0.39 is 0 Å². The molecule has 1 aromatic heterocycles. The molecule has 2 rings (SSSR count). The van der Waals surface area contributed by atoms with Crippen LogP contribution in [0.3, 0.4) is 0 Å². The van der Waals surface area contributed by atoms with Gasteiger partial charge in [-0.05, 0) is 37.6 Å². The fraction of sp³-hybridized carbons (Fsp3) is 0.412. The molecule has 1 aromatic carbocycles. The number of rotatable bonds is 3. The fourth-order valence-electron chi connectivity index (χ4n) is 2.09. The highest BCUT2D eigenvalue weighted by molar-refractivity contribution is 5.63. The topological polar surface area (TPSA) is 37.8 Å². The largest absolute Gasteiger partial charge is 0.370 e. The van der Waals surface area contributed by atoms with Crippen molar-refractivity contribution in [3.8, 4) is 11.3 Å². The van der Waals surface area contributed by atoms with Crippen molar-refractivity contribution in [2.75, 3.05) is 11.9 Å². The number of nitrogens with zero attached hydrogens (tertiary/aromatic N) is 2. The first-order valence-electron chi connectivity index (χ1n) is 7.20. The van der Waals surface area contributed by atoms with Crippen molar-refractivity contribution in [3.63, 3.8) is 0 Å². The summed E-state index contributed by atoms with van der Waals surface area (Å²) < 4.78 is 13.6. The van der Waals surface area contributed by atoms with Crippen LogP contribution in [-0.4, -0.2) is 16.5 Å². The Kier molecular flexibility index (Phi) is 4.26. The molecule has 21 heavy (non-hydrogen) atoms. The summed E-state index contributed by atoms with van der Waals surface area (Å²) in [6.45, 7) is 10.9. The summed E-state index contributed by atoms with van der Waals surface area (Å²) in [7, 11) is 0. The van der Waals surface area contributed by atoms with E-state index >= 15 is 0 Å². The molecule has 0 radical (unpaired) electrons. The Morgan fingerprint density at radius 2 is 1.81 bits per heavy atom. The lowest BCUT2D eigenvalue weighted by Crippen LogP contribution is -2.17. The van der Waals surface area contributed by atoms with Gasteiger partial charge in [-0.2, -0.15) is 0 Å². The average molecular weight is 287 g/mol. The number of halogens is 1. The number of benzene rings is 1. The Morgan fingerprint density at radius 3 is 2.38 bits per heavy atom. The molecule has 1 N–H and O–H groups in total. The normalized spacial score (nSPS) is 11.5. The Labute approximate surface area is 125 Å². The summed E-state index contributed by atoms with van der Waals surface area (Å²) in [5.74, 6) is 1.28. The molecule has 0 spiro atoms. The number of nitrogens with one attached hydrogen (secondary N) is 1. The standard InChI is InChI=1S/C17H22FN3/c1-6-19-15-10-14(20-16(21-15)17(3,4)5)12-7-11(2)8-13(18)9-12/h7-10H,6H2,1-5H3,(H,19,20,21). The lowest BCUT2D eigenvalue weighted by molar-refractivity contribution is 0.546. The van der Waals surface area contributed by atoms with Crippen molar-refractivity contribution in [2.24, 2.45) is 0 Å². The van der Waals surface area contributed by atoms with Crippen LogP contribution in [0.2, 0.25) is 0 Å². The molecule has 0 amide bonds. The SMILES string of the molecule is CCNc1cc(-c2cc(C)cc(F)c2)nc(C(C)(C)C)n1. The Balaban J connectivity index is 2.59. The Morgan fingerprint density at radius 1 is 1.10 bits per heavy atom. The van der Waals surface area contributed by atoms with Gasteiger partial charge < -0.3 is 5.32 Å². The van der Waals surface area contributed by atoms with Crippen molar-refractivity contribution in [1.82, 2.24) is 9.97 Å². The summed E-state index contributed by atoms with van der Waals surface area (Å²) >= 11 is 0.